The van der Waals surface area contributed by atoms with E-state index in [4.69, 9.17) is 4.74 Å². The molecule has 1 heterocycles. The molecule has 2 aliphatic rings. The Morgan fingerprint density at radius 2 is 1.94 bits per heavy atom. The summed E-state index contributed by atoms with van der Waals surface area (Å²) >= 11 is 0. The summed E-state index contributed by atoms with van der Waals surface area (Å²) in [7, 11) is 0. The van der Waals surface area contributed by atoms with Crippen molar-refractivity contribution >= 4 is 0 Å². The summed E-state index contributed by atoms with van der Waals surface area (Å²) in [5.74, 6) is -0.177. The Balaban J connectivity index is 1.76. The summed E-state index contributed by atoms with van der Waals surface area (Å²) in [6.07, 6.45) is -0.431. The zero-order valence-electron chi connectivity index (χ0n) is 9.67. The Kier molecular flexibility index (Phi) is 2.55. The Labute approximate surface area is 103 Å². The van der Waals surface area contributed by atoms with E-state index in [9.17, 15) is 13.2 Å². The van der Waals surface area contributed by atoms with Gasteiger partial charge in [-0.25, -0.2) is 0 Å². The first-order valence-electron chi connectivity index (χ1n) is 6.02. The molecule has 0 amide bonds. The van der Waals surface area contributed by atoms with Gasteiger partial charge in [0.2, 0.25) is 0 Å². The van der Waals surface area contributed by atoms with E-state index in [1.807, 2.05) is 0 Å². The molecule has 1 aliphatic carbocycles. The highest BCUT2D eigenvalue weighted by molar-refractivity contribution is 5.34. The summed E-state index contributed by atoms with van der Waals surface area (Å²) in [6.45, 7) is 0. The number of epoxide rings is 1. The smallest absolute Gasteiger partial charge is 0.406 e. The summed E-state index contributed by atoms with van der Waals surface area (Å²) in [5, 5.41) is 0. The third kappa shape index (κ3) is 2.19. The quantitative estimate of drug-likeness (QED) is 0.749. The maximum absolute atomic E-state index is 12.1. The van der Waals surface area contributed by atoms with Crippen molar-refractivity contribution in [2.45, 2.75) is 43.8 Å². The highest BCUT2D eigenvalue weighted by atomic mass is 19.4. The molecule has 98 valence electrons. The third-order valence-electron chi connectivity index (χ3n) is 3.62. The van der Waals surface area contributed by atoms with Gasteiger partial charge in [0.1, 0.15) is 11.9 Å². The molecule has 1 aliphatic heterocycles. The molecule has 1 aromatic rings. The van der Waals surface area contributed by atoms with Gasteiger partial charge in [-0.3, -0.25) is 0 Å². The van der Waals surface area contributed by atoms with Crippen LogP contribution >= 0.6 is 0 Å². The molecule has 0 N–H and O–H groups in total. The highest BCUT2D eigenvalue weighted by Crippen LogP contribution is 2.59. The number of hydrogen-bond donors (Lipinski definition) is 0. The van der Waals surface area contributed by atoms with Gasteiger partial charge in [0.25, 0.3) is 0 Å². The third-order valence-corrected chi connectivity index (χ3v) is 3.62. The highest BCUT2D eigenvalue weighted by Gasteiger charge is 2.58. The first-order valence-corrected chi connectivity index (χ1v) is 6.02. The summed E-state index contributed by atoms with van der Waals surface area (Å²) in [4.78, 5) is 0. The molecule has 1 saturated carbocycles. The maximum Gasteiger partial charge on any atom is 0.573 e. The van der Waals surface area contributed by atoms with Gasteiger partial charge >= 0.3 is 6.36 Å². The average molecular weight is 258 g/mol. The van der Waals surface area contributed by atoms with Crippen molar-refractivity contribution in [2.75, 3.05) is 0 Å². The van der Waals surface area contributed by atoms with E-state index < -0.39 is 6.36 Å². The molecular weight excluding hydrogens is 245 g/mol. The van der Waals surface area contributed by atoms with E-state index >= 15 is 0 Å². The predicted octanol–water partition coefficient (Wildman–Crippen LogP) is 3.97. The molecule has 2 nitrogen and oxygen atoms in total. The van der Waals surface area contributed by atoms with Crippen LogP contribution in [0.1, 0.15) is 37.4 Å². The molecule has 0 radical (unpaired) electrons. The van der Waals surface area contributed by atoms with E-state index in [2.05, 4.69) is 4.74 Å². The van der Waals surface area contributed by atoms with E-state index in [0.717, 1.165) is 31.2 Å². The van der Waals surface area contributed by atoms with Crippen LogP contribution in [0.4, 0.5) is 13.2 Å². The van der Waals surface area contributed by atoms with Crippen LogP contribution in [0, 0.1) is 0 Å². The van der Waals surface area contributed by atoms with Crippen LogP contribution in [0.25, 0.3) is 0 Å². The van der Waals surface area contributed by atoms with Gasteiger partial charge in [0.15, 0.2) is 0 Å². The molecule has 1 aromatic carbocycles. The van der Waals surface area contributed by atoms with Crippen molar-refractivity contribution in [1.82, 2.24) is 0 Å². The van der Waals surface area contributed by atoms with Crippen LogP contribution in [0.5, 0.6) is 5.75 Å². The molecule has 0 aromatic heterocycles. The topological polar surface area (TPSA) is 21.8 Å². The molecule has 1 unspecified atom stereocenters. The molecule has 2 fully saturated rings. The molecule has 1 spiro atoms. The van der Waals surface area contributed by atoms with Crippen LogP contribution in [0.2, 0.25) is 0 Å². The van der Waals surface area contributed by atoms with Crippen molar-refractivity contribution in [2.24, 2.45) is 0 Å². The van der Waals surface area contributed by atoms with E-state index in [0.29, 0.717) is 0 Å². The van der Waals surface area contributed by atoms with Crippen molar-refractivity contribution in [3.05, 3.63) is 29.8 Å². The summed E-state index contributed by atoms with van der Waals surface area (Å²) in [5.41, 5.74) is 0.676. The Bertz CT molecular complexity index is 450. The molecule has 1 atom stereocenters. The van der Waals surface area contributed by atoms with Crippen molar-refractivity contribution in [3.8, 4) is 5.75 Å². The van der Waals surface area contributed by atoms with Crippen LogP contribution in [-0.4, -0.2) is 12.0 Å². The lowest BCUT2D eigenvalue weighted by Gasteiger charge is -2.09. The number of benzene rings is 1. The lowest BCUT2D eigenvalue weighted by molar-refractivity contribution is -0.274. The van der Waals surface area contributed by atoms with Crippen molar-refractivity contribution in [3.63, 3.8) is 0 Å². The largest absolute Gasteiger partial charge is 0.573 e. The normalized spacial score (nSPS) is 25.4. The Hall–Kier alpha value is -1.23. The van der Waals surface area contributed by atoms with Gasteiger partial charge in [-0.2, -0.15) is 0 Å². The average Bonchev–Trinajstić information content (AvgIpc) is 2.75. The van der Waals surface area contributed by atoms with Gasteiger partial charge in [-0.1, -0.05) is 25.0 Å². The molecule has 3 rings (SSSR count). The van der Waals surface area contributed by atoms with Gasteiger partial charge in [0, 0.05) is 0 Å². The standard InChI is InChI=1S/C13H13F3O2/c14-13(15,16)17-10-5-3-4-9(8-10)11-12(18-11)6-1-2-7-12/h3-5,8,11H,1-2,6-7H2. The number of ether oxygens (including phenoxy) is 2. The number of rotatable bonds is 2. The predicted molar refractivity (Wildman–Crippen MR) is 58.2 cm³/mol. The molecular formula is C13H13F3O2. The first-order chi connectivity index (χ1) is 8.49. The van der Waals surface area contributed by atoms with Crippen LogP contribution < -0.4 is 4.74 Å². The fourth-order valence-corrected chi connectivity index (χ4v) is 2.80. The van der Waals surface area contributed by atoms with Crippen molar-refractivity contribution in [1.29, 1.82) is 0 Å². The monoisotopic (exact) mass is 258 g/mol. The van der Waals surface area contributed by atoms with Crippen LogP contribution in [0.3, 0.4) is 0 Å². The fraction of sp³-hybridized carbons (Fsp3) is 0.538. The molecule has 18 heavy (non-hydrogen) atoms. The van der Waals surface area contributed by atoms with Gasteiger partial charge < -0.3 is 9.47 Å². The van der Waals surface area contributed by atoms with Gasteiger partial charge in [0.05, 0.1) is 5.60 Å². The van der Waals surface area contributed by atoms with Gasteiger partial charge in [-0.05, 0) is 30.5 Å². The summed E-state index contributed by atoms with van der Waals surface area (Å²) < 4.78 is 46.0. The SMILES string of the molecule is FC(F)(F)Oc1cccc(C2OC23CCCC3)c1. The molecule has 1 saturated heterocycles. The minimum Gasteiger partial charge on any atom is -0.406 e. The Morgan fingerprint density at radius 3 is 2.61 bits per heavy atom. The minimum absolute atomic E-state index is 0.0585. The lowest BCUT2D eigenvalue weighted by atomic mass is 9.98. The van der Waals surface area contributed by atoms with Crippen LogP contribution in [-0.2, 0) is 4.74 Å². The lowest BCUT2D eigenvalue weighted by Crippen LogP contribution is -2.17. The van der Waals surface area contributed by atoms with Crippen molar-refractivity contribution < 1.29 is 22.6 Å². The van der Waals surface area contributed by atoms with Gasteiger partial charge in [-0.15, -0.1) is 13.2 Å². The fourth-order valence-electron chi connectivity index (χ4n) is 2.80. The van der Waals surface area contributed by atoms with Crippen LogP contribution in [0.15, 0.2) is 24.3 Å². The number of hydrogen-bond acceptors (Lipinski definition) is 2. The zero-order valence-corrected chi connectivity index (χ0v) is 9.67. The van der Waals surface area contributed by atoms with E-state index in [-0.39, 0.29) is 17.5 Å². The second kappa shape index (κ2) is 3.88. The second-order valence-electron chi connectivity index (χ2n) is 4.89. The minimum atomic E-state index is -4.64. The zero-order chi connectivity index (χ0) is 12.8. The molecule has 0 bridgehead atoms. The van der Waals surface area contributed by atoms with E-state index in [1.54, 1.807) is 12.1 Å². The summed E-state index contributed by atoms with van der Waals surface area (Å²) in [6, 6.07) is 6.09. The first kappa shape index (κ1) is 11.8. The molecule has 5 heteroatoms. The number of halogens is 3. The second-order valence-corrected chi connectivity index (χ2v) is 4.89. The Morgan fingerprint density at radius 1 is 1.22 bits per heavy atom. The number of alkyl halides is 3. The van der Waals surface area contributed by atoms with E-state index in [1.165, 1.54) is 12.1 Å². The maximum atomic E-state index is 12.1.